The van der Waals surface area contributed by atoms with Crippen LogP contribution < -0.4 is 20.9 Å². The van der Waals surface area contributed by atoms with Crippen molar-refractivity contribution in [3.05, 3.63) is 71.9 Å². The molecule has 0 fully saturated rings. The topological polar surface area (TPSA) is 83.4 Å². The highest BCUT2D eigenvalue weighted by Crippen LogP contribution is 2.37. The van der Waals surface area contributed by atoms with Gasteiger partial charge in [0.25, 0.3) is 0 Å². The van der Waals surface area contributed by atoms with Gasteiger partial charge in [-0.2, -0.15) is 0 Å². The van der Waals surface area contributed by atoms with E-state index in [1.54, 1.807) is 18.3 Å². The average molecular weight is 333 g/mol. The van der Waals surface area contributed by atoms with E-state index in [1.807, 2.05) is 36.4 Å². The summed E-state index contributed by atoms with van der Waals surface area (Å²) in [6.07, 6.45) is 3.43. The number of nitrogens with two attached hydrogens (primary N) is 2. The van der Waals surface area contributed by atoms with Gasteiger partial charge in [0.2, 0.25) is 5.88 Å². The van der Waals surface area contributed by atoms with Crippen LogP contribution in [0.4, 0.5) is 11.4 Å². The smallest absolute Gasteiger partial charge is 0.219 e. The van der Waals surface area contributed by atoms with Crippen LogP contribution in [-0.4, -0.2) is 4.98 Å². The van der Waals surface area contributed by atoms with Crippen LogP contribution in [0.25, 0.3) is 0 Å². The lowest BCUT2D eigenvalue weighted by atomic mass is 9.97. The van der Waals surface area contributed by atoms with Crippen molar-refractivity contribution in [3.8, 4) is 17.4 Å². The Morgan fingerprint density at radius 1 is 1.00 bits per heavy atom. The van der Waals surface area contributed by atoms with E-state index in [0.717, 1.165) is 41.2 Å². The first-order valence-electron chi connectivity index (χ1n) is 8.22. The van der Waals surface area contributed by atoms with Crippen LogP contribution in [0.15, 0.2) is 60.8 Å². The van der Waals surface area contributed by atoms with Crippen LogP contribution in [0.1, 0.15) is 23.7 Å². The van der Waals surface area contributed by atoms with E-state index in [0.29, 0.717) is 11.6 Å². The van der Waals surface area contributed by atoms with Crippen LogP contribution >= 0.6 is 0 Å². The maximum absolute atomic E-state index is 6.15. The minimum Gasteiger partial charge on any atom is -0.485 e. The van der Waals surface area contributed by atoms with Gasteiger partial charge in [-0.25, -0.2) is 4.98 Å². The minimum atomic E-state index is 0.0292. The first kappa shape index (κ1) is 15.3. The summed E-state index contributed by atoms with van der Waals surface area (Å²) in [6.45, 7) is 0. The van der Waals surface area contributed by atoms with E-state index in [2.05, 4.69) is 11.1 Å². The van der Waals surface area contributed by atoms with Crippen LogP contribution in [0.2, 0.25) is 0 Å². The number of pyridine rings is 1. The molecule has 4 rings (SSSR count). The molecule has 3 aromatic rings. The molecule has 1 atom stereocenters. The second-order valence-electron chi connectivity index (χ2n) is 6.12. The Balaban J connectivity index is 1.52. The van der Waals surface area contributed by atoms with Crippen LogP contribution in [0.3, 0.4) is 0 Å². The van der Waals surface area contributed by atoms with Gasteiger partial charge in [-0.15, -0.1) is 0 Å². The molecule has 5 nitrogen and oxygen atoms in total. The highest BCUT2D eigenvalue weighted by molar-refractivity contribution is 5.46. The lowest BCUT2D eigenvalue weighted by Crippen LogP contribution is -2.15. The zero-order valence-corrected chi connectivity index (χ0v) is 13.7. The number of ether oxygens (including phenoxy) is 2. The average Bonchev–Trinajstić information content (AvgIpc) is 2.63. The fourth-order valence-corrected chi connectivity index (χ4v) is 3.00. The van der Waals surface area contributed by atoms with Gasteiger partial charge >= 0.3 is 0 Å². The van der Waals surface area contributed by atoms with Gasteiger partial charge in [-0.05, 0) is 60.4 Å². The summed E-state index contributed by atoms with van der Waals surface area (Å²) in [4.78, 5) is 4.16. The minimum absolute atomic E-state index is 0.0292. The molecule has 0 amide bonds. The monoisotopic (exact) mass is 333 g/mol. The summed E-state index contributed by atoms with van der Waals surface area (Å²) in [5.74, 6) is 2.14. The molecule has 126 valence electrons. The van der Waals surface area contributed by atoms with Crippen LogP contribution in [-0.2, 0) is 6.42 Å². The van der Waals surface area contributed by atoms with E-state index in [1.165, 1.54) is 0 Å². The van der Waals surface area contributed by atoms with Crippen molar-refractivity contribution in [1.29, 1.82) is 0 Å². The number of fused-ring (bicyclic) bond motifs is 1. The number of aromatic nitrogens is 1. The Bertz CT molecular complexity index is 894. The SMILES string of the molecule is Nc1ccc(Oc2ccc3c(c2)CCC(c2cccc(N)c2)O3)nc1. The molecule has 0 spiro atoms. The van der Waals surface area contributed by atoms with Gasteiger partial charge in [0, 0.05) is 11.8 Å². The van der Waals surface area contributed by atoms with Crippen molar-refractivity contribution in [2.24, 2.45) is 0 Å². The standard InChI is InChI=1S/C20H19N3O2/c21-15-3-1-2-13(10-15)18-7-4-14-11-17(6-8-19(14)25-18)24-20-9-5-16(22)12-23-20/h1-3,5-6,8-12,18H,4,7,21-22H2. The number of nitrogen functional groups attached to an aromatic ring is 2. The predicted molar refractivity (Wildman–Crippen MR) is 97.7 cm³/mol. The van der Waals surface area contributed by atoms with Crippen molar-refractivity contribution < 1.29 is 9.47 Å². The first-order chi connectivity index (χ1) is 12.2. The van der Waals surface area contributed by atoms with Gasteiger partial charge < -0.3 is 20.9 Å². The first-order valence-corrected chi connectivity index (χ1v) is 8.22. The summed E-state index contributed by atoms with van der Waals surface area (Å²) < 4.78 is 11.9. The summed E-state index contributed by atoms with van der Waals surface area (Å²) in [5.41, 5.74) is 15.1. The molecule has 4 N–H and O–H groups in total. The Kier molecular flexibility index (Phi) is 3.90. The lowest BCUT2D eigenvalue weighted by molar-refractivity contribution is 0.176. The molecule has 1 aliphatic rings. The fraction of sp³-hybridized carbons (Fsp3) is 0.150. The number of hydrogen-bond acceptors (Lipinski definition) is 5. The van der Waals surface area contributed by atoms with E-state index in [-0.39, 0.29) is 6.10 Å². The number of nitrogens with zero attached hydrogens (tertiary/aromatic N) is 1. The van der Waals surface area contributed by atoms with Gasteiger partial charge in [0.1, 0.15) is 17.6 Å². The van der Waals surface area contributed by atoms with Crippen molar-refractivity contribution in [1.82, 2.24) is 4.98 Å². The number of anilines is 2. The zero-order valence-electron chi connectivity index (χ0n) is 13.7. The Hall–Kier alpha value is -3.21. The van der Waals surface area contributed by atoms with Gasteiger partial charge in [-0.1, -0.05) is 12.1 Å². The van der Waals surface area contributed by atoms with Crippen molar-refractivity contribution >= 4 is 11.4 Å². The number of hydrogen-bond donors (Lipinski definition) is 2. The molecule has 5 heteroatoms. The molecule has 0 saturated carbocycles. The fourth-order valence-electron chi connectivity index (χ4n) is 3.00. The molecule has 1 unspecified atom stereocenters. The molecule has 2 aromatic carbocycles. The number of rotatable bonds is 3. The van der Waals surface area contributed by atoms with Gasteiger partial charge in [0.15, 0.2) is 0 Å². The number of benzene rings is 2. The molecule has 0 bridgehead atoms. The van der Waals surface area contributed by atoms with E-state index < -0.39 is 0 Å². The van der Waals surface area contributed by atoms with Crippen LogP contribution in [0, 0.1) is 0 Å². The van der Waals surface area contributed by atoms with Crippen molar-refractivity contribution in [2.45, 2.75) is 18.9 Å². The molecule has 0 saturated heterocycles. The highest BCUT2D eigenvalue weighted by Gasteiger charge is 2.22. The summed E-state index contributed by atoms with van der Waals surface area (Å²) in [7, 11) is 0. The maximum atomic E-state index is 6.15. The second kappa shape index (κ2) is 6.36. The summed E-state index contributed by atoms with van der Waals surface area (Å²) in [6, 6.07) is 17.2. The third-order valence-electron chi connectivity index (χ3n) is 4.24. The lowest BCUT2D eigenvalue weighted by Gasteiger charge is -2.27. The summed E-state index contributed by atoms with van der Waals surface area (Å²) >= 11 is 0. The van der Waals surface area contributed by atoms with E-state index >= 15 is 0 Å². The van der Waals surface area contributed by atoms with Gasteiger partial charge in [-0.3, -0.25) is 0 Å². The number of aryl methyl sites for hydroxylation is 1. The maximum Gasteiger partial charge on any atom is 0.219 e. The molecule has 0 aliphatic carbocycles. The summed E-state index contributed by atoms with van der Waals surface area (Å²) in [5, 5.41) is 0. The second-order valence-corrected chi connectivity index (χ2v) is 6.12. The Morgan fingerprint density at radius 3 is 2.72 bits per heavy atom. The molecule has 1 aliphatic heterocycles. The van der Waals surface area contributed by atoms with Crippen LogP contribution in [0.5, 0.6) is 17.4 Å². The molecular formula is C20H19N3O2. The predicted octanol–water partition coefficient (Wildman–Crippen LogP) is 4.10. The highest BCUT2D eigenvalue weighted by atomic mass is 16.5. The van der Waals surface area contributed by atoms with Crippen molar-refractivity contribution in [3.63, 3.8) is 0 Å². The third kappa shape index (κ3) is 3.35. The molecule has 25 heavy (non-hydrogen) atoms. The normalized spacial score (nSPS) is 15.9. The van der Waals surface area contributed by atoms with Gasteiger partial charge in [0.05, 0.1) is 11.9 Å². The zero-order chi connectivity index (χ0) is 17.2. The molecule has 2 heterocycles. The largest absolute Gasteiger partial charge is 0.485 e. The van der Waals surface area contributed by atoms with Crippen molar-refractivity contribution in [2.75, 3.05) is 11.5 Å². The quantitative estimate of drug-likeness (QED) is 0.705. The Labute approximate surface area is 146 Å². The Morgan fingerprint density at radius 2 is 1.92 bits per heavy atom. The molecular weight excluding hydrogens is 314 g/mol. The third-order valence-corrected chi connectivity index (χ3v) is 4.24. The molecule has 0 radical (unpaired) electrons. The molecule has 1 aromatic heterocycles. The van der Waals surface area contributed by atoms with E-state index in [4.69, 9.17) is 20.9 Å². The van der Waals surface area contributed by atoms with E-state index in [9.17, 15) is 0 Å².